The first kappa shape index (κ1) is 13.5. The van der Waals surface area contributed by atoms with Gasteiger partial charge in [0.25, 0.3) is 0 Å². The lowest BCUT2D eigenvalue weighted by Crippen LogP contribution is -2.35. The van der Waals surface area contributed by atoms with Gasteiger partial charge in [-0.1, -0.05) is 25.7 Å². The van der Waals surface area contributed by atoms with Crippen molar-refractivity contribution in [2.75, 3.05) is 0 Å². The second-order valence-electron chi connectivity index (χ2n) is 6.39. The summed E-state index contributed by atoms with van der Waals surface area (Å²) in [5, 5.41) is 8.05. The summed E-state index contributed by atoms with van der Waals surface area (Å²) < 4.78 is 2.09. The van der Waals surface area contributed by atoms with Gasteiger partial charge in [0.2, 0.25) is 0 Å². The van der Waals surface area contributed by atoms with Crippen LogP contribution in [0.25, 0.3) is 0 Å². The van der Waals surface area contributed by atoms with Crippen LogP contribution in [0.15, 0.2) is 6.33 Å². The molecule has 102 valence electrons. The van der Waals surface area contributed by atoms with E-state index in [1.165, 1.54) is 38.5 Å². The molecule has 0 unspecified atom stereocenters. The summed E-state index contributed by atoms with van der Waals surface area (Å²) in [4.78, 5) is 4.41. The van der Waals surface area contributed by atoms with Crippen molar-refractivity contribution in [3.63, 3.8) is 0 Å². The third kappa shape index (κ3) is 4.09. The van der Waals surface area contributed by atoms with E-state index in [4.69, 9.17) is 0 Å². The Hall–Kier alpha value is -0.900. The van der Waals surface area contributed by atoms with Gasteiger partial charge in [-0.3, -0.25) is 0 Å². The van der Waals surface area contributed by atoms with E-state index >= 15 is 0 Å². The summed E-state index contributed by atoms with van der Waals surface area (Å²) in [5.74, 6) is 0.911. The number of hydrogen-bond donors (Lipinski definition) is 1. The van der Waals surface area contributed by atoms with Crippen molar-refractivity contribution in [1.82, 2.24) is 20.1 Å². The van der Waals surface area contributed by atoms with Gasteiger partial charge in [0, 0.05) is 5.54 Å². The van der Waals surface area contributed by atoms with Crippen LogP contribution < -0.4 is 5.32 Å². The molecule has 0 saturated heterocycles. The molecule has 0 aliphatic heterocycles. The summed E-state index contributed by atoms with van der Waals surface area (Å²) in [5.41, 5.74) is 0.119. The molecule has 1 aliphatic rings. The van der Waals surface area contributed by atoms with Gasteiger partial charge in [-0.05, 0) is 33.6 Å². The fourth-order valence-electron chi connectivity index (χ4n) is 2.43. The minimum absolute atomic E-state index is 0.119. The van der Waals surface area contributed by atoms with Gasteiger partial charge in [0.15, 0.2) is 5.82 Å². The average molecular weight is 250 g/mol. The zero-order valence-electron chi connectivity index (χ0n) is 11.9. The molecule has 1 fully saturated rings. The highest BCUT2D eigenvalue weighted by atomic mass is 15.3. The maximum absolute atomic E-state index is 4.62. The Labute approximate surface area is 110 Å². The van der Waals surface area contributed by atoms with Gasteiger partial charge in [0.1, 0.15) is 6.33 Å². The highest BCUT2D eigenvalue weighted by Crippen LogP contribution is 2.26. The number of nitrogens with one attached hydrogen (secondary N) is 1. The molecule has 4 nitrogen and oxygen atoms in total. The first-order valence-electron chi connectivity index (χ1n) is 7.20. The van der Waals surface area contributed by atoms with E-state index < -0.39 is 0 Å². The van der Waals surface area contributed by atoms with Crippen molar-refractivity contribution in [2.45, 2.75) is 77.4 Å². The molecule has 1 heterocycles. The fraction of sp³-hybridized carbons (Fsp3) is 0.857. The quantitative estimate of drug-likeness (QED) is 0.838. The summed E-state index contributed by atoms with van der Waals surface area (Å²) in [6.45, 7) is 7.24. The first-order chi connectivity index (χ1) is 8.54. The van der Waals surface area contributed by atoms with E-state index in [0.717, 1.165) is 12.4 Å². The molecule has 0 spiro atoms. The van der Waals surface area contributed by atoms with Crippen molar-refractivity contribution in [2.24, 2.45) is 0 Å². The first-order valence-corrected chi connectivity index (χ1v) is 7.20. The predicted octanol–water partition coefficient (Wildman–Crippen LogP) is 3.06. The van der Waals surface area contributed by atoms with Gasteiger partial charge < -0.3 is 5.32 Å². The number of hydrogen-bond acceptors (Lipinski definition) is 3. The molecule has 1 aromatic heterocycles. The van der Waals surface area contributed by atoms with E-state index in [1.54, 1.807) is 0 Å². The summed E-state index contributed by atoms with van der Waals surface area (Å²) in [6.07, 6.45) is 9.86. The van der Waals surface area contributed by atoms with Crippen LogP contribution in [0.1, 0.15) is 71.2 Å². The van der Waals surface area contributed by atoms with Crippen LogP contribution in [0.2, 0.25) is 0 Å². The Morgan fingerprint density at radius 2 is 1.89 bits per heavy atom. The molecule has 0 bridgehead atoms. The van der Waals surface area contributed by atoms with Crippen molar-refractivity contribution in [3.8, 4) is 0 Å². The standard InChI is InChI=1S/C14H26N4/c1-14(2,3)16-10-13-15-11-18(17-13)12-8-6-4-5-7-9-12/h11-12,16H,4-10H2,1-3H3. The molecule has 1 aromatic rings. The van der Waals surface area contributed by atoms with E-state index in [-0.39, 0.29) is 5.54 Å². The fourth-order valence-corrected chi connectivity index (χ4v) is 2.43. The lowest BCUT2D eigenvalue weighted by Gasteiger charge is -2.19. The molecular weight excluding hydrogens is 224 g/mol. The van der Waals surface area contributed by atoms with Crippen LogP contribution in [0.5, 0.6) is 0 Å². The van der Waals surface area contributed by atoms with Crippen molar-refractivity contribution in [3.05, 3.63) is 12.2 Å². The molecule has 1 saturated carbocycles. The number of rotatable bonds is 3. The van der Waals surface area contributed by atoms with Gasteiger partial charge in [-0.25, -0.2) is 9.67 Å². The zero-order valence-corrected chi connectivity index (χ0v) is 11.9. The molecule has 1 aliphatic carbocycles. The second kappa shape index (κ2) is 5.83. The molecule has 0 aromatic carbocycles. The van der Waals surface area contributed by atoms with E-state index in [0.29, 0.717) is 6.04 Å². The third-order valence-electron chi connectivity index (χ3n) is 3.53. The van der Waals surface area contributed by atoms with E-state index in [2.05, 4.69) is 40.9 Å². The molecule has 1 N–H and O–H groups in total. The van der Waals surface area contributed by atoms with Gasteiger partial charge in [-0.2, -0.15) is 5.10 Å². The Kier molecular flexibility index (Phi) is 4.38. The van der Waals surface area contributed by atoms with Crippen LogP contribution >= 0.6 is 0 Å². The predicted molar refractivity (Wildman–Crippen MR) is 73.4 cm³/mol. The second-order valence-corrected chi connectivity index (χ2v) is 6.39. The number of nitrogens with zero attached hydrogens (tertiary/aromatic N) is 3. The smallest absolute Gasteiger partial charge is 0.164 e. The highest BCUT2D eigenvalue weighted by molar-refractivity contribution is 4.86. The Morgan fingerprint density at radius 1 is 1.22 bits per heavy atom. The summed E-state index contributed by atoms with van der Waals surface area (Å²) in [7, 11) is 0. The van der Waals surface area contributed by atoms with Gasteiger partial charge in [-0.15, -0.1) is 0 Å². The highest BCUT2D eigenvalue weighted by Gasteiger charge is 2.16. The van der Waals surface area contributed by atoms with Crippen molar-refractivity contribution >= 4 is 0 Å². The van der Waals surface area contributed by atoms with Crippen LogP contribution in [-0.2, 0) is 6.54 Å². The minimum atomic E-state index is 0.119. The van der Waals surface area contributed by atoms with Gasteiger partial charge in [0.05, 0.1) is 12.6 Å². The molecule has 4 heteroatoms. The summed E-state index contributed by atoms with van der Waals surface area (Å²) >= 11 is 0. The molecule has 0 atom stereocenters. The molecule has 2 rings (SSSR count). The molecule has 18 heavy (non-hydrogen) atoms. The average Bonchev–Trinajstić information content (AvgIpc) is 2.60. The lowest BCUT2D eigenvalue weighted by molar-refractivity contribution is 0.392. The molecule has 0 amide bonds. The van der Waals surface area contributed by atoms with Crippen molar-refractivity contribution in [1.29, 1.82) is 0 Å². The maximum Gasteiger partial charge on any atom is 0.164 e. The largest absolute Gasteiger partial charge is 0.305 e. The van der Waals surface area contributed by atoms with Crippen LogP contribution in [0.3, 0.4) is 0 Å². The molecular formula is C14H26N4. The van der Waals surface area contributed by atoms with E-state index in [9.17, 15) is 0 Å². The topological polar surface area (TPSA) is 42.7 Å². The lowest BCUT2D eigenvalue weighted by atomic mass is 10.1. The maximum atomic E-state index is 4.62. The Morgan fingerprint density at radius 3 is 2.50 bits per heavy atom. The monoisotopic (exact) mass is 250 g/mol. The molecule has 0 radical (unpaired) electrons. The van der Waals surface area contributed by atoms with Crippen LogP contribution in [0, 0.1) is 0 Å². The SMILES string of the molecule is CC(C)(C)NCc1ncn(C2CCCCCC2)n1. The van der Waals surface area contributed by atoms with Crippen molar-refractivity contribution < 1.29 is 0 Å². The zero-order chi connectivity index (χ0) is 13.0. The van der Waals surface area contributed by atoms with E-state index in [1.807, 2.05) is 6.33 Å². The third-order valence-corrected chi connectivity index (χ3v) is 3.53. The summed E-state index contributed by atoms with van der Waals surface area (Å²) in [6, 6.07) is 0.573. The normalized spacial score (nSPS) is 18.8. The Bertz CT molecular complexity index is 356. The van der Waals surface area contributed by atoms with Gasteiger partial charge >= 0.3 is 0 Å². The minimum Gasteiger partial charge on any atom is -0.305 e. The van der Waals surface area contributed by atoms with Crippen LogP contribution in [0.4, 0.5) is 0 Å². The van der Waals surface area contributed by atoms with Crippen LogP contribution in [-0.4, -0.2) is 20.3 Å². The number of aromatic nitrogens is 3. The Balaban J connectivity index is 1.92.